The quantitative estimate of drug-likeness (QED) is 0.803. The Balaban J connectivity index is 2.60. The molecule has 0 aliphatic heterocycles. The minimum Gasteiger partial charge on any atom is -0.313 e. The molecule has 108 valence electrons. The maximum absolute atomic E-state index is 12.5. The van der Waals surface area contributed by atoms with Gasteiger partial charge < -0.3 is 5.32 Å². The van der Waals surface area contributed by atoms with E-state index in [1.54, 1.807) is 0 Å². The first-order chi connectivity index (χ1) is 8.65. The molecule has 0 aromatic rings. The van der Waals surface area contributed by atoms with Gasteiger partial charge in [-0.2, -0.15) is 0 Å². The van der Waals surface area contributed by atoms with Crippen LogP contribution in [0.3, 0.4) is 0 Å². The molecule has 0 aromatic heterocycles. The molecule has 1 aliphatic rings. The highest BCUT2D eigenvalue weighted by atomic mass is 32.2. The number of hydrogen-bond acceptors (Lipinski definition) is 2. The van der Waals surface area contributed by atoms with Gasteiger partial charge in [0.25, 0.3) is 0 Å². The topological polar surface area (TPSA) is 29.1 Å². The Morgan fingerprint density at radius 1 is 1.17 bits per heavy atom. The van der Waals surface area contributed by atoms with Crippen LogP contribution in [0.2, 0.25) is 0 Å². The molecular formula is C15H31NOS. The monoisotopic (exact) mass is 273 g/mol. The Morgan fingerprint density at radius 3 is 2.44 bits per heavy atom. The lowest BCUT2D eigenvalue weighted by Crippen LogP contribution is -2.44. The van der Waals surface area contributed by atoms with Crippen molar-refractivity contribution >= 4 is 10.8 Å². The van der Waals surface area contributed by atoms with Crippen LogP contribution >= 0.6 is 0 Å². The van der Waals surface area contributed by atoms with Crippen molar-refractivity contribution in [3.63, 3.8) is 0 Å². The normalized spacial score (nSPS) is 27.8. The second kappa shape index (κ2) is 9.08. The van der Waals surface area contributed by atoms with Crippen LogP contribution in [0.25, 0.3) is 0 Å². The van der Waals surface area contributed by atoms with Gasteiger partial charge in [0.1, 0.15) is 0 Å². The molecule has 1 N–H and O–H groups in total. The van der Waals surface area contributed by atoms with Gasteiger partial charge in [0.15, 0.2) is 0 Å². The summed E-state index contributed by atoms with van der Waals surface area (Å²) in [6.07, 6.45) is 8.79. The van der Waals surface area contributed by atoms with Crippen LogP contribution in [-0.4, -0.2) is 27.8 Å². The van der Waals surface area contributed by atoms with Crippen molar-refractivity contribution in [1.82, 2.24) is 5.32 Å². The Bertz CT molecular complexity index is 241. The van der Waals surface area contributed by atoms with Gasteiger partial charge in [0.05, 0.1) is 5.25 Å². The third-order valence-electron chi connectivity index (χ3n) is 3.69. The summed E-state index contributed by atoms with van der Waals surface area (Å²) < 4.78 is 12.5. The van der Waals surface area contributed by atoms with Gasteiger partial charge in [-0.3, -0.25) is 4.21 Å². The van der Waals surface area contributed by atoms with Crippen molar-refractivity contribution in [3.8, 4) is 0 Å². The molecule has 1 rings (SSSR count). The van der Waals surface area contributed by atoms with Gasteiger partial charge in [-0.05, 0) is 31.7 Å². The molecule has 0 bridgehead atoms. The lowest BCUT2D eigenvalue weighted by atomic mass is 9.96. The van der Waals surface area contributed by atoms with Crippen molar-refractivity contribution in [2.45, 2.75) is 77.0 Å². The number of nitrogens with one attached hydrogen (secondary N) is 1. The van der Waals surface area contributed by atoms with Crippen LogP contribution in [0.4, 0.5) is 0 Å². The summed E-state index contributed by atoms with van der Waals surface area (Å²) in [5.41, 5.74) is 0. The maximum Gasteiger partial charge on any atom is 0.0501 e. The highest BCUT2D eigenvalue weighted by Gasteiger charge is 2.27. The average molecular weight is 273 g/mol. The highest BCUT2D eigenvalue weighted by Crippen LogP contribution is 2.22. The number of rotatable bonds is 6. The molecule has 3 atom stereocenters. The van der Waals surface area contributed by atoms with E-state index in [4.69, 9.17) is 0 Å². The predicted molar refractivity (Wildman–Crippen MR) is 81.4 cm³/mol. The summed E-state index contributed by atoms with van der Waals surface area (Å²) in [5.74, 6) is 1.41. The third-order valence-corrected chi connectivity index (χ3v) is 5.93. The summed E-state index contributed by atoms with van der Waals surface area (Å²) in [7, 11) is -0.651. The van der Waals surface area contributed by atoms with E-state index >= 15 is 0 Å². The van der Waals surface area contributed by atoms with Crippen LogP contribution in [0, 0.1) is 5.92 Å². The van der Waals surface area contributed by atoms with Gasteiger partial charge in [-0.25, -0.2) is 0 Å². The Hall–Kier alpha value is 0.110. The summed E-state index contributed by atoms with van der Waals surface area (Å²) in [4.78, 5) is 0. The molecule has 0 amide bonds. The van der Waals surface area contributed by atoms with Gasteiger partial charge in [0.2, 0.25) is 0 Å². The first-order valence-corrected chi connectivity index (χ1v) is 9.14. The second-order valence-corrected chi connectivity index (χ2v) is 7.73. The van der Waals surface area contributed by atoms with Crippen LogP contribution in [0.5, 0.6) is 0 Å². The molecule has 1 aliphatic carbocycles. The van der Waals surface area contributed by atoms with E-state index in [-0.39, 0.29) is 0 Å². The maximum atomic E-state index is 12.5. The fourth-order valence-corrected chi connectivity index (χ4v) is 4.71. The van der Waals surface area contributed by atoms with E-state index in [1.807, 2.05) is 0 Å². The fourth-order valence-electron chi connectivity index (χ4n) is 2.78. The van der Waals surface area contributed by atoms with Crippen LogP contribution in [-0.2, 0) is 10.8 Å². The first kappa shape index (κ1) is 16.2. The van der Waals surface area contributed by atoms with E-state index < -0.39 is 10.8 Å². The van der Waals surface area contributed by atoms with E-state index in [9.17, 15) is 4.21 Å². The Kier molecular flexibility index (Phi) is 8.16. The summed E-state index contributed by atoms with van der Waals surface area (Å²) in [6, 6.07) is 0.491. The molecule has 0 spiro atoms. The third kappa shape index (κ3) is 5.83. The molecule has 3 heteroatoms. The van der Waals surface area contributed by atoms with Crippen molar-refractivity contribution in [2.75, 3.05) is 12.3 Å². The summed E-state index contributed by atoms with van der Waals surface area (Å²) in [5, 5.41) is 4.04. The summed E-state index contributed by atoms with van der Waals surface area (Å²) >= 11 is 0. The number of hydrogen-bond donors (Lipinski definition) is 1. The van der Waals surface area contributed by atoms with Gasteiger partial charge in [-0.1, -0.05) is 46.5 Å². The highest BCUT2D eigenvalue weighted by molar-refractivity contribution is 7.85. The SMILES string of the molecule is CCCNC1CCCCCCC1S(=O)CC(C)C. The minimum atomic E-state index is -0.651. The molecule has 0 radical (unpaired) electrons. The molecule has 1 saturated carbocycles. The Labute approximate surface area is 116 Å². The Morgan fingerprint density at radius 2 is 1.83 bits per heavy atom. The lowest BCUT2D eigenvalue weighted by molar-refractivity contribution is 0.394. The second-order valence-electron chi connectivity index (χ2n) is 6.03. The molecule has 2 nitrogen and oxygen atoms in total. The zero-order valence-electron chi connectivity index (χ0n) is 12.4. The van der Waals surface area contributed by atoms with E-state index in [1.165, 1.54) is 38.5 Å². The zero-order valence-corrected chi connectivity index (χ0v) is 13.2. The van der Waals surface area contributed by atoms with Crippen LogP contribution in [0.15, 0.2) is 0 Å². The van der Waals surface area contributed by atoms with Crippen molar-refractivity contribution < 1.29 is 4.21 Å². The molecule has 1 fully saturated rings. The molecule has 3 unspecified atom stereocenters. The molecule has 0 heterocycles. The molecule has 0 saturated heterocycles. The van der Waals surface area contributed by atoms with Crippen LogP contribution in [0.1, 0.15) is 65.7 Å². The largest absolute Gasteiger partial charge is 0.313 e. The van der Waals surface area contributed by atoms with Crippen molar-refractivity contribution in [3.05, 3.63) is 0 Å². The van der Waals surface area contributed by atoms with Gasteiger partial charge in [0, 0.05) is 22.6 Å². The standard InChI is InChI=1S/C15H31NOS/c1-4-11-16-14-9-7-5-6-8-10-15(14)18(17)12-13(2)3/h13-16H,4-12H2,1-3H3. The molecule has 0 aromatic carbocycles. The van der Waals surface area contributed by atoms with Crippen LogP contribution < -0.4 is 5.32 Å². The molecule has 18 heavy (non-hydrogen) atoms. The van der Waals surface area contributed by atoms with E-state index in [2.05, 4.69) is 26.1 Å². The van der Waals surface area contributed by atoms with Gasteiger partial charge in [-0.15, -0.1) is 0 Å². The average Bonchev–Trinajstić information content (AvgIpc) is 2.26. The van der Waals surface area contributed by atoms with Crippen molar-refractivity contribution in [2.24, 2.45) is 5.92 Å². The minimum absolute atomic E-state index is 0.388. The zero-order chi connectivity index (χ0) is 13.4. The fraction of sp³-hybridized carbons (Fsp3) is 1.00. The van der Waals surface area contributed by atoms with Crippen molar-refractivity contribution in [1.29, 1.82) is 0 Å². The lowest BCUT2D eigenvalue weighted by Gasteiger charge is -2.30. The van der Waals surface area contributed by atoms with E-state index in [0.717, 1.165) is 18.7 Å². The summed E-state index contributed by atoms with van der Waals surface area (Å²) in [6.45, 7) is 7.63. The predicted octanol–water partition coefficient (Wildman–Crippen LogP) is 3.48. The molecular weight excluding hydrogens is 242 g/mol. The van der Waals surface area contributed by atoms with Gasteiger partial charge >= 0.3 is 0 Å². The smallest absolute Gasteiger partial charge is 0.0501 e. The van der Waals surface area contributed by atoms with E-state index in [0.29, 0.717) is 17.2 Å². The first-order valence-electron chi connectivity index (χ1n) is 7.75.